The Labute approximate surface area is 79.6 Å². The Hall–Kier alpha value is -0.920. The third-order valence-corrected chi connectivity index (χ3v) is 1.95. The van der Waals surface area contributed by atoms with Crippen LogP contribution in [0, 0.1) is 0 Å². The number of hydrogen-bond donors (Lipinski definition) is 1. The second-order valence-corrected chi connectivity index (χ2v) is 2.97. The molecule has 70 valence electrons. The quantitative estimate of drug-likeness (QED) is 0.732. The van der Waals surface area contributed by atoms with Gasteiger partial charge < -0.3 is 10.3 Å². The second-order valence-electron chi connectivity index (χ2n) is 2.73. The molecule has 1 aromatic rings. The van der Waals surface area contributed by atoms with Crippen LogP contribution in [0.25, 0.3) is 0 Å². The lowest BCUT2D eigenvalue weighted by Gasteiger charge is -2.08. The highest BCUT2D eigenvalue weighted by molar-refractivity contribution is 7.10. The van der Waals surface area contributed by atoms with E-state index in [-0.39, 0.29) is 0 Å². The van der Waals surface area contributed by atoms with Gasteiger partial charge in [-0.2, -0.15) is 0 Å². The average molecular weight is 197 g/mol. The highest BCUT2D eigenvalue weighted by Crippen LogP contribution is 2.03. The van der Waals surface area contributed by atoms with Gasteiger partial charge >= 0.3 is 5.97 Å². The first-order chi connectivity index (χ1) is 6.24. The van der Waals surface area contributed by atoms with Crippen LogP contribution in [0.5, 0.6) is 0 Å². The normalized spacial score (nSPS) is 12.2. The van der Waals surface area contributed by atoms with Gasteiger partial charge in [-0.25, -0.2) is 0 Å². The number of carbonyl (C=O) groups is 1. The maximum Gasteiger partial charge on any atom is 0.325 e. The second kappa shape index (κ2) is 4.95. The molecule has 13 heavy (non-hydrogen) atoms. The Bertz CT molecular complexity index is 276. The number of nitrogens with two attached hydrogens (primary N) is 1. The van der Waals surface area contributed by atoms with Gasteiger partial charge in [0.15, 0.2) is 0 Å². The molecule has 2 unspecified atom stereocenters. The van der Waals surface area contributed by atoms with Gasteiger partial charge in [0.2, 0.25) is 0 Å². The summed E-state index contributed by atoms with van der Waals surface area (Å²) in [6, 6.07) is 9.01. The van der Waals surface area contributed by atoms with Crippen LogP contribution in [0.4, 0.5) is 0 Å². The van der Waals surface area contributed by atoms with Gasteiger partial charge in [0.25, 0.3) is 0 Å². The van der Waals surface area contributed by atoms with Crippen LogP contribution < -0.4 is 5.73 Å². The van der Waals surface area contributed by atoms with E-state index < -0.39 is 12.0 Å². The smallest absolute Gasteiger partial charge is 0.325 e. The lowest BCUT2D eigenvalue weighted by Crippen LogP contribution is -2.32. The molecule has 0 aromatic heterocycles. The van der Waals surface area contributed by atoms with Crippen molar-refractivity contribution in [3.63, 3.8) is 0 Å². The molecule has 0 saturated carbocycles. The summed E-state index contributed by atoms with van der Waals surface area (Å²) in [5, 5.41) is 0. The summed E-state index contributed by atoms with van der Waals surface area (Å²) < 4.78 is 4.44. The van der Waals surface area contributed by atoms with Crippen LogP contribution in [0.1, 0.15) is 5.56 Å². The van der Waals surface area contributed by atoms with Crippen LogP contribution >= 0.6 is 9.47 Å². The lowest BCUT2D eigenvalue weighted by atomic mass is 10.1. The minimum absolute atomic E-state index is 0.408. The van der Waals surface area contributed by atoms with E-state index >= 15 is 0 Å². The summed E-state index contributed by atoms with van der Waals surface area (Å²) in [6.07, 6.45) is 0.508. The number of rotatable bonds is 3. The van der Waals surface area contributed by atoms with Crippen molar-refractivity contribution in [1.29, 1.82) is 0 Å². The molecule has 0 heterocycles. The summed E-state index contributed by atoms with van der Waals surface area (Å²) >= 11 is 0. The fourth-order valence-corrected chi connectivity index (χ4v) is 1.21. The molecular weight excluding hydrogens is 185 g/mol. The Morgan fingerprint density at radius 1 is 1.46 bits per heavy atom. The predicted octanol–water partition coefficient (Wildman–Crippen LogP) is 0.890. The highest BCUT2D eigenvalue weighted by atomic mass is 31.0. The lowest BCUT2D eigenvalue weighted by molar-refractivity contribution is -0.134. The number of hydrogen-bond acceptors (Lipinski definition) is 3. The highest BCUT2D eigenvalue weighted by Gasteiger charge is 2.13. The fourth-order valence-electron chi connectivity index (χ4n) is 1.04. The van der Waals surface area contributed by atoms with Crippen LogP contribution in [0.3, 0.4) is 0 Å². The van der Waals surface area contributed by atoms with E-state index in [9.17, 15) is 4.79 Å². The van der Waals surface area contributed by atoms with Crippen LogP contribution in [-0.4, -0.2) is 12.0 Å². The molecule has 0 spiro atoms. The minimum atomic E-state index is -0.583. The van der Waals surface area contributed by atoms with Gasteiger partial charge in [0.1, 0.15) is 6.04 Å². The Kier molecular flexibility index (Phi) is 3.87. The molecule has 4 heteroatoms. The Morgan fingerprint density at radius 2 is 2.08 bits per heavy atom. The first-order valence-electron chi connectivity index (χ1n) is 3.94. The van der Waals surface area contributed by atoms with Crippen LogP contribution in [-0.2, 0) is 15.7 Å². The van der Waals surface area contributed by atoms with Crippen molar-refractivity contribution in [2.45, 2.75) is 12.5 Å². The topological polar surface area (TPSA) is 52.3 Å². The Balaban J connectivity index is 2.55. The number of benzene rings is 1. The molecule has 1 rings (SSSR count). The molecule has 0 saturated heterocycles. The van der Waals surface area contributed by atoms with Crippen molar-refractivity contribution in [3.8, 4) is 0 Å². The Morgan fingerprint density at radius 3 is 2.62 bits per heavy atom. The summed E-state index contributed by atoms with van der Waals surface area (Å²) in [5.41, 5.74) is 6.60. The maximum absolute atomic E-state index is 10.9. The standard InChI is InChI=1S/C9H12NO2P/c10-8(9(11)12-13)6-7-4-2-1-3-5-7/h1-5,8H,6,10,13H2. The van der Waals surface area contributed by atoms with E-state index in [1.54, 1.807) is 0 Å². The zero-order valence-electron chi connectivity index (χ0n) is 7.14. The molecular formula is C9H12NO2P. The van der Waals surface area contributed by atoms with Crippen molar-refractivity contribution in [1.82, 2.24) is 0 Å². The van der Waals surface area contributed by atoms with Gasteiger partial charge in [0.05, 0.1) is 9.47 Å². The van der Waals surface area contributed by atoms with Crippen LogP contribution in [0.15, 0.2) is 30.3 Å². The van der Waals surface area contributed by atoms with E-state index in [1.165, 1.54) is 0 Å². The SMILES string of the molecule is NC(Cc1ccccc1)C(=O)OP. The summed E-state index contributed by atoms with van der Waals surface area (Å²) in [7, 11) is 1.90. The fraction of sp³-hybridized carbons (Fsp3) is 0.222. The molecule has 0 amide bonds. The van der Waals surface area contributed by atoms with Crippen molar-refractivity contribution < 1.29 is 9.32 Å². The molecule has 2 atom stereocenters. The molecule has 0 aliphatic carbocycles. The molecule has 0 aliphatic rings. The zero-order chi connectivity index (χ0) is 9.68. The summed E-state index contributed by atoms with van der Waals surface area (Å²) in [6.45, 7) is 0. The number of carbonyl (C=O) groups excluding carboxylic acids is 1. The maximum atomic E-state index is 10.9. The van der Waals surface area contributed by atoms with Crippen molar-refractivity contribution in [2.24, 2.45) is 5.73 Å². The molecule has 0 bridgehead atoms. The third kappa shape index (κ3) is 3.13. The molecule has 1 aromatic carbocycles. The van der Waals surface area contributed by atoms with Gasteiger partial charge in [0, 0.05) is 0 Å². The minimum Gasteiger partial charge on any atom is -0.450 e. The van der Waals surface area contributed by atoms with Gasteiger partial charge in [-0.1, -0.05) is 30.3 Å². The predicted molar refractivity (Wildman–Crippen MR) is 53.9 cm³/mol. The van der Waals surface area contributed by atoms with E-state index in [0.29, 0.717) is 6.42 Å². The first-order valence-corrected chi connectivity index (χ1v) is 4.41. The summed E-state index contributed by atoms with van der Waals surface area (Å²) in [5.74, 6) is -0.408. The molecule has 0 fully saturated rings. The van der Waals surface area contributed by atoms with E-state index in [0.717, 1.165) is 5.56 Å². The monoisotopic (exact) mass is 197 g/mol. The van der Waals surface area contributed by atoms with Crippen molar-refractivity contribution in [3.05, 3.63) is 35.9 Å². The first kappa shape index (κ1) is 10.2. The molecule has 2 N–H and O–H groups in total. The van der Waals surface area contributed by atoms with E-state index in [1.807, 2.05) is 39.8 Å². The van der Waals surface area contributed by atoms with Crippen molar-refractivity contribution in [2.75, 3.05) is 0 Å². The molecule has 3 nitrogen and oxygen atoms in total. The zero-order valence-corrected chi connectivity index (χ0v) is 8.30. The van der Waals surface area contributed by atoms with Crippen LogP contribution in [0.2, 0.25) is 0 Å². The van der Waals surface area contributed by atoms with Gasteiger partial charge in [-0.15, -0.1) is 0 Å². The van der Waals surface area contributed by atoms with Gasteiger partial charge in [-0.3, -0.25) is 4.79 Å². The van der Waals surface area contributed by atoms with Gasteiger partial charge in [-0.05, 0) is 12.0 Å². The summed E-state index contributed by atoms with van der Waals surface area (Å²) in [4.78, 5) is 10.9. The van der Waals surface area contributed by atoms with E-state index in [4.69, 9.17) is 5.73 Å². The third-order valence-electron chi connectivity index (χ3n) is 1.72. The molecule has 0 radical (unpaired) electrons. The van der Waals surface area contributed by atoms with E-state index in [2.05, 4.69) is 4.52 Å². The largest absolute Gasteiger partial charge is 0.450 e. The average Bonchev–Trinajstić information content (AvgIpc) is 2.18. The van der Waals surface area contributed by atoms with Crippen molar-refractivity contribution >= 4 is 15.4 Å². The molecule has 0 aliphatic heterocycles.